The maximum absolute atomic E-state index is 12.6. The average molecular weight is 343 g/mol. The molecule has 1 heterocycles. The molecule has 0 radical (unpaired) electrons. The van der Waals surface area contributed by atoms with Crippen molar-refractivity contribution in [2.24, 2.45) is 0 Å². The van der Waals surface area contributed by atoms with E-state index in [-0.39, 0.29) is 11.8 Å². The summed E-state index contributed by atoms with van der Waals surface area (Å²) in [5.74, 6) is -0.365. The Labute approximate surface area is 146 Å². The molecule has 1 N–H and O–H groups in total. The molecule has 0 saturated heterocycles. The van der Waals surface area contributed by atoms with Crippen molar-refractivity contribution in [3.63, 3.8) is 0 Å². The fourth-order valence-electron chi connectivity index (χ4n) is 2.93. The molecule has 24 heavy (non-hydrogen) atoms. The van der Waals surface area contributed by atoms with Crippen LogP contribution in [-0.4, -0.2) is 29.3 Å². The maximum atomic E-state index is 12.6. The molecule has 0 aromatic heterocycles. The predicted molar refractivity (Wildman–Crippen MR) is 93.9 cm³/mol. The second-order valence-electron chi connectivity index (χ2n) is 5.98. The van der Waals surface area contributed by atoms with Crippen LogP contribution in [-0.2, 0) is 17.8 Å². The van der Waals surface area contributed by atoms with Gasteiger partial charge in [-0.1, -0.05) is 41.9 Å². The van der Waals surface area contributed by atoms with Crippen molar-refractivity contribution in [1.82, 2.24) is 10.2 Å². The Hall–Kier alpha value is -2.33. The molecule has 0 bridgehead atoms. The van der Waals surface area contributed by atoms with Gasteiger partial charge in [0.05, 0.1) is 0 Å². The van der Waals surface area contributed by atoms with E-state index < -0.39 is 6.04 Å². The average Bonchev–Trinajstić information content (AvgIpc) is 2.60. The monoisotopic (exact) mass is 342 g/mol. The lowest BCUT2D eigenvalue weighted by Crippen LogP contribution is -2.48. The van der Waals surface area contributed by atoms with Gasteiger partial charge in [0.1, 0.15) is 6.04 Å². The van der Waals surface area contributed by atoms with Crippen LogP contribution in [0.2, 0.25) is 5.02 Å². The second-order valence-corrected chi connectivity index (χ2v) is 6.42. The summed E-state index contributed by atoms with van der Waals surface area (Å²) in [6, 6.07) is 14.2. The van der Waals surface area contributed by atoms with Crippen molar-refractivity contribution in [3.05, 3.63) is 70.2 Å². The first-order valence-electron chi connectivity index (χ1n) is 7.96. The normalized spacial score (nSPS) is 14.7. The number of benzene rings is 2. The summed E-state index contributed by atoms with van der Waals surface area (Å²) in [5, 5.41) is 3.25. The Morgan fingerprint density at radius 3 is 2.62 bits per heavy atom. The molecular formula is C19H19ClN2O2. The molecular weight excluding hydrogens is 324 g/mol. The fraction of sp³-hybridized carbons (Fsp3) is 0.263. The third kappa shape index (κ3) is 3.60. The molecule has 2 aromatic carbocycles. The number of nitrogens with one attached hydrogen (secondary N) is 1. The van der Waals surface area contributed by atoms with E-state index in [0.29, 0.717) is 23.7 Å². The molecule has 5 heteroatoms. The highest BCUT2D eigenvalue weighted by Crippen LogP contribution is 2.19. The molecule has 124 valence electrons. The van der Waals surface area contributed by atoms with Crippen LogP contribution < -0.4 is 5.32 Å². The zero-order valence-corrected chi connectivity index (χ0v) is 14.2. The van der Waals surface area contributed by atoms with E-state index in [9.17, 15) is 9.59 Å². The number of nitrogens with zero attached hydrogens (tertiary/aromatic N) is 1. The molecule has 0 fully saturated rings. The van der Waals surface area contributed by atoms with Crippen molar-refractivity contribution in [1.29, 1.82) is 0 Å². The van der Waals surface area contributed by atoms with Gasteiger partial charge in [0.25, 0.3) is 5.91 Å². The summed E-state index contributed by atoms with van der Waals surface area (Å²) in [6.07, 6.45) is 0.844. The van der Waals surface area contributed by atoms with E-state index in [2.05, 4.69) is 11.4 Å². The van der Waals surface area contributed by atoms with Crippen LogP contribution in [0.4, 0.5) is 0 Å². The van der Waals surface area contributed by atoms with Crippen molar-refractivity contribution in [2.45, 2.75) is 25.9 Å². The topological polar surface area (TPSA) is 49.4 Å². The van der Waals surface area contributed by atoms with Gasteiger partial charge in [-0.15, -0.1) is 0 Å². The van der Waals surface area contributed by atoms with E-state index in [4.69, 9.17) is 11.6 Å². The quantitative estimate of drug-likeness (QED) is 0.932. The molecule has 0 saturated carbocycles. The molecule has 2 aromatic rings. The van der Waals surface area contributed by atoms with E-state index in [1.807, 2.05) is 18.2 Å². The van der Waals surface area contributed by atoms with Gasteiger partial charge in [-0.05, 0) is 42.7 Å². The van der Waals surface area contributed by atoms with Crippen LogP contribution in [0.5, 0.6) is 0 Å². The minimum absolute atomic E-state index is 0.0696. The lowest BCUT2D eigenvalue weighted by molar-refractivity contribution is -0.133. The molecule has 4 nitrogen and oxygen atoms in total. The van der Waals surface area contributed by atoms with Crippen LogP contribution in [0.3, 0.4) is 0 Å². The van der Waals surface area contributed by atoms with Gasteiger partial charge in [-0.3, -0.25) is 9.59 Å². The largest absolute Gasteiger partial charge is 0.341 e. The Morgan fingerprint density at radius 1 is 1.12 bits per heavy atom. The smallest absolute Gasteiger partial charge is 0.251 e. The molecule has 0 aliphatic carbocycles. The van der Waals surface area contributed by atoms with Gasteiger partial charge >= 0.3 is 0 Å². The molecule has 1 aliphatic heterocycles. The van der Waals surface area contributed by atoms with Gasteiger partial charge in [0.2, 0.25) is 5.91 Å². The zero-order valence-electron chi connectivity index (χ0n) is 13.5. The number of carbonyl (C=O) groups is 2. The third-order valence-corrected chi connectivity index (χ3v) is 4.48. The van der Waals surface area contributed by atoms with E-state index in [1.165, 1.54) is 11.1 Å². The second kappa shape index (κ2) is 7.05. The van der Waals surface area contributed by atoms with Crippen LogP contribution in [0.15, 0.2) is 48.5 Å². The molecule has 1 atom stereocenters. The van der Waals surface area contributed by atoms with Gasteiger partial charge < -0.3 is 10.2 Å². The highest BCUT2D eigenvalue weighted by molar-refractivity contribution is 6.31. The van der Waals surface area contributed by atoms with Gasteiger partial charge in [-0.2, -0.15) is 0 Å². The van der Waals surface area contributed by atoms with Gasteiger partial charge in [0.15, 0.2) is 0 Å². The van der Waals surface area contributed by atoms with E-state index in [1.54, 1.807) is 36.1 Å². The lowest BCUT2D eigenvalue weighted by Gasteiger charge is -2.31. The molecule has 0 unspecified atom stereocenters. The highest BCUT2D eigenvalue weighted by atomic mass is 35.5. The number of amides is 2. The number of hydrogen-bond acceptors (Lipinski definition) is 2. The summed E-state index contributed by atoms with van der Waals surface area (Å²) >= 11 is 5.90. The Kier molecular flexibility index (Phi) is 4.86. The van der Waals surface area contributed by atoms with E-state index in [0.717, 1.165) is 6.42 Å². The standard InChI is InChI=1S/C19H19ClN2O2/c1-13(21-18(23)15-7-4-8-17(20)11-15)19(24)22-10-9-14-5-2-3-6-16(14)12-22/h2-8,11,13H,9-10,12H2,1H3,(H,21,23)/t13-/m0/s1. The SMILES string of the molecule is C[C@H](NC(=O)c1cccc(Cl)c1)C(=O)N1CCc2ccccc2C1. The first kappa shape index (κ1) is 16.5. The number of halogens is 1. The molecule has 3 rings (SSSR count). The summed E-state index contributed by atoms with van der Waals surface area (Å²) in [4.78, 5) is 26.7. The first-order valence-corrected chi connectivity index (χ1v) is 8.34. The molecule has 2 amide bonds. The van der Waals surface area contributed by atoms with Gasteiger partial charge in [0, 0.05) is 23.7 Å². The van der Waals surface area contributed by atoms with Crippen molar-refractivity contribution in [2.75, 3.05) is 6.54 Å². The fourth-order valence-corrected chi connectivity index (χ4v) is 3.12. The minimum atomic E-state index is -0.582. The Bertz CT molecular complexity index is 775. The maximum Gasteiger partial charge on any atom is 0.251 e. The number of fused-ring (bicyclic) bond motifs is 1. The highest BCUT2D eigenvalue weighted by Gasteiger charge is 2.25. The summed E-state index contributed by atoms with van der Waals surface area (Å²) in [6.45, 7) is 2.98. The predicted octanol–water partition coefficient (Wildman–Crippen LogP) is 3.04. The number of carbonyl (C=O) groups excluding carboxylic acids is 2. The number of hydrogen-bond donors (Lipinski definition) is 1. The minimum Gasteiger partial charge on any atom is -0.341 e. The van der Waals surface area contributed by atoms with Crippen LogP contribution in [0.25, 0.3) is 0 Å². The Morgan fingerprint density at radius 2 is 1.88 bits per heavy atom. The Balaban J connectivity index is 1.64. The number of rotatable bonds is 3. The summed E-state index contributed by atoms with van der Waals surface area (Å²) < 4.78 is 0. The first-order chi connectivity index (χ1) is 11.5. The van der Waals surface area contributed by atoms with Crippen LogP contribution in [0.1, 0.15) is 28.4 Å². The van der Waals surface area contributed by atoms with Crippen LogP contribution >= 0.6 is 11.6 Å². The summed E-state index contributed by atoms with van der Waals surface area (Å²) in [7, 11) is 0. The molecule has 1 aliphatic rings. The van der Waals surface area contributed by atoms with E-state index >= 15 is 0 Å². The van der Waals surface area contributed by atoms with Crippen LogP contribution in [0, 0.1) is 0 Å². The van der Waals surface area contributed by atoms with Gasteiger partial charge in [-0.25, -0.2) is 0 Å². The molecule has 0 spiro atoms. The third-order valence-electron chi connectivity index (χ3n) is 4.25. The van der Waals surface area contributed by atoms with Crippen molar-refractivity contribution >= 4 is 23.4 Å². The van der Waals surface area contributed by atoms with Crippen molar-refractivity contribution < 1.29 is 9.59 Å². The lowest BCUT2D eigenvalue weighted by atomic mass is 9.99. The zero-order chi connectivity index (χ0) is 17.1. The van der Waals surface area contributed by atoms with Crippen molar-refractivity contribution in [3.8, 4) is 0 Å². The summed E-state index contributed by atoms with van der Waals surface area (Å²) in [5.41, 5.74) is 2.91.